The van der Waals surface area contributed by atoms with Crippen LogP contribution in [0.2, 0.25) is 0 Å². The molecule has 0 spiro atoms. The molecule has 0 aliphatic rings. The lowest BCUT2D eigenvalue weighted by molar-refractivity contribution is 0.0600. The number of aliphatic hydroxyl groups is 1. The summed E-state index contributed by atoms with van der Waals surface area (Å²) in [6.45, 7) is 4.40. The van der Waals surface area contributed by atoms with Crippen molar-refractivity contribution in [2.75, 3.05) is 7.11 Å². The van der Waals surface area contributed by atoms with Crippen molar-refractivity contribution in [2.24, 2.45) is 7.05 Å². The van der Waals surface area contributed by atoms with Crippen molar-refractivity contribution in [1.82, 2.24) is 15.1 Å². The van der Waals surface area contributed by atoms with Gasteiger partial charge >= 0.3 is 5.97 Å². The highest BCUT2D eigenvalue weighted by Crippen LogP contribution is 2.35. The van der Waals surface area contributed by atoms with Crippen LogP contribution in [0.4, 0.5) is 13.2 Å². The molecule has 192 valence electrons. The van der Waals surface area contributed by atoms with E-state index in [0.29, 0.717) is 11.1 Å². The Morgan fingerprint density at radius 2 is 1.78 bits per heavy atom. The maximum absolute atomic E-state index is 14.2. The molecule has 3 rings (SSSR count). The first-order valence-corrected chi connectivity index (χ1v) is 10.9. The van der Waals surface area contributed by atoms with Gasteiger partial charge in [-0.05, 0) is 56.7 Å². The summed E-state index contributed by atoms with van der Waals surface area (Å²) in [5.41, 5.74) is -1.97. The number of ether oxygens (including phenoxy) is 2. The van der Waals surface area contributed by atoms with E-state index >= 15 is 0 Å². The van der Waals surface area contributed by atoms with Crippen LogP contribution in [0.25, 0.3) is 0 Å². The smallest absolute Gasteiger partial charge is 0.337 e. The van der Waals surface area contributed by atoms with Gasteiger partial charge in [0.25, 0.3) is 12.3 Å². The number of halogens is 3. The highest BCUT2D eigenvalue weighted by molar-refractivity contribution is 5.98. The minimum Gasteiger partial charge on any atom is -0.465 e. The molecule has 2 N–H and O–H groups in total. The molecule has 36 heavy (non-hydrogen) atoms. The highest BCUT2D eigenvalue weighted by atomic mass is 19.3. The van der Waals surface area contributed by atoms with Gasteiger partial charge < -0.3 is 19.9 Å². The summed E-state index contributed by atoms with van der Waals surface area (Å²) in [6.07, 6.45) is -3.08. The maximum atomic E-state index is 14.2. The van der Waals surface area contributed by atoms with Gasteiger partial charge in [0.05, 0.1) is 24.3 Å². The van der Waals surface area contributed by atoms with Crippen molar-refractivity contribution in [2.45, 2.75) is 38.8 Å². The van der Waals surface area contributed by atoms with Gasteiger partial charge in [-0.2, -0.15) is 5.10 Å². The lowest BCUT2D eigenvalue weighted by Gasteiger charge is -2.20. The first kappa shape index (κ1) is 26.7. The zero-order valence-electron chi connectivity index (χ0n) is 20.3. The number of aromatic nitrogens is 2. The van der Waals surface area contributed by atoms with Crippen molar-refractivity contribution in [3.8, 4) is 11.6 Å². The molecule has 3 aromatic rings. The van der Waals surface area contributed by atoms with Crippen molar-refractivity contribution < 1.29 is 37.3 Å². The van der Waals surface area contributed by atoms with E-state index in [9.17, 15) is 27.9 Å². The Balaban J connectivity index is 1.93. The van der Waals surface area contributed by atoms with Gasteiger partial charge in [-0.25, -0.2) is 22.6 Å². The van der Waals surface area contributed by atoms with Gasteiger partial charge in [-0.1, -0.05) is 12.1 Å². The second kappa shape index (κ2) is 10.4. The quantitative estimate of drug-likeness (QED) is 0.427. The number of benzene rings is 2. The minimum absolute atomic E-state index is 0.0119. The predicted molar refractivity (Wildman–Crippen MR) is 124 cm³/mol. The molecule has 0 radical (unpaired) electrons. The Kier molecular flexibility index (Phi) is 7.73. The van der Waals surface area contributed by atoms with Gasteiger partial charge in [0, 0.05) is 12.6 Å². The summed E-state index contributed by atoms with van der Waals surface area (Å²) in [5.74, 6) is -2.35. The number of carbonyl (C=O) groups excluding carboxylic acids is 2. The van der Waals surface area contributed by atoms with E-state index in [4.69, 9.17) is 4.74 Å². The monoisotopic (exact) mass is 505 g/mol. The number of hydrogen-bond donors (Lipinski definition) is 2. The van der Waals surface area contributed by atoms with Gasteiger partial charge in [0.2, 0.25) is 5.88 Å². The fraction of sp³-hybridized carbons (Fsp3) is 0.320. The molecule has 0 saturated heterocycles. The number of methoxy groups -OCH3 is 1. The summed E-state index contributed by atoms with van der Waals surface area (Å²) in [6, 6.07) is 9.13. The molecule has 0 aliphatic heterocycles. The van der Waals surface area contributed by atoms with Crippen LogP contribution in [0, 0.1) is 5.82 Å². The third-order valence-corrected chi connectivity index (χ3v) is 5.45. The van der Waals surface area contributed by atoms with Crippen LogP contribution in [0.15, 0.2) is 42.5 Å². The topological polar surface area (TPSA) is 103 Å². The number of esters is 1. The van der Waals surface area contributed by atoms with Crippen LogP contribution < -0.4 is 10.1 Å². The standard InChI is InChI=1S/C25H26F3N3O5/c1-13(14-6-8-15(9-7-14)24(33)35-5)29-22(32)19-20(21(27)28)30-31(4)23(19)36-16-10-11-18(26)17(12-16)25(2,3)34/h6-13,21,34H,1-5H3,(H,29,32). The lowest BCUT2D eigenvalue weighted by Crippen LogP contribution is -2.27. The molecule has 11 heteroatoms. The van der Waals surface area contributed by atoms with Gasteiger partial charge in [-0.3, -0.25) is 4.79 Å². The Bertz CT molecular complexity index is 1270. The number of nitrogens with one attached hydrogen (secondary N) is 1. The van der Waals surface area contributed by atoms with Gasteiger partial charge in [-0.15, -0.1) is 0 Å². The Hall–Kier alpha value is -3.86. The van der Waals surface area contributed by atoms with E-state index < -0.39 is 47.0 Å². The molecule has 0 aliphatic carbocycles. The minimum atomic E-state index is -3.08. The SMILES string of the molecule is COC(=O)c1ccc(C(C)NC(=O)c2c(C(F)F)nn(C)c2Oc2ccc(F)c(C(C)(C)O)c2)cc1. The van der Waals surface area contributed by atoms with Gasteiger partial charge in [0.1, 0.15) is 22.8 Å². The second-order valence-corrected chi connectivity index (χ2v) is 8.60. The van der Waals surface area contributed by atoms with Crippen LogP contribution in [0.1, 0.15) is 70.8 Å². The van der Waals surface area contributed by atoms with E-state index in [0.717, 1.165) is 10.7 Å². The molecular weight excluding hydrogens is 479 g/mol. The van der Waals surface area contributed by atoms with Crippen LogP contribution in [0.5, 0.6) is 11.6 Å². The number of aryl methyl sites for hydroxylation is 1. The van der Waals surface area contributed by atoms with E-state index in [1.165, 1.54) is 52.3 Å². The van der Waals surface area contributed by atoms with Crippen molar-refractivity contribution in [1.29, 1.82) is 0 Å². The Labute approximate surface area is 205 Å². The molecule has 0 bridgehead atoms. The molecule has 1 amide bonds. The van der Waals surface area contributed by atoms with Crippen molar-refractivity contribution in [3.05, 3.63) is 76.2 Å². The average Bonchev–Trinajstić information content (AvgIpc) is 3.15. The number of hydrogen-bond acceptors (Lipinski definition) is 6. The van der Waals surface area contributed by atoms with E-state index in [-0.39, 0.29) is 17.2 Å². The summed E-state index contributed by atoms with van der Waals surface area (Å²) in [7, 11) is 2.58. The normalized spacial score (nSPS) is 12.4. The summed E-state index contributed by atoms with van der Waals surface area (Å²) >= 11 is 0. The number of amides is 1. The van der Waals surface area contributed by atoms with Crippen molar-refractivity contribution >= 4 is 11.9 Å². The summed E-state index contributed by atoms with van der Waals surface area (Å²) < 4.78 is 53.1. The van der Waals surface area contributed by atoms with E-state index in [1.54, 1.807) is 19.1 Å². The Morgan fingerprint density at radius 1 is 1.14 bits per heavy atom. The zero-order valence-corrected chi connectivity index (χ0v) is 20.3. The lowest BCUT2D eigenvalue weighted by atomic mass is 9.98. The Morgan fingerprint density at radius 3 is 2.33 bits per heavy atom. The fourth-order valence-electron chi connectivity index (χ4n) is 3.54. The zero-order chi connectivity index (χ0) is 26.8. The largest absolute Gasteiger partial charge is 0.465 e. The van der Waals surface area contributed by atoms with Crippen LogP contribution in [-0.2, 0) is 17.4 Å². The van der Waals surface area contributed by atoms with Crippen LogP contribution in [0.3, 0.4) is 0 Å². The molecule has 8 nitrogen and oxygen atoms in total. The maximum Gasteiger partial charge on any atom is 0.337 e. The first-order valence-electron chi connectivity index (χ1n) is 10.9. The third kappa shape index (κ3) is 5.68. The molecule has 1 atom stereocenters. The molecule has 0 saturated carbocycles. The van der Waals surface area contributed by atoms with E-state index in [1.807, 2.05) is 0 Å². The van der Waals surface area contributed by atoms with Gasteiger partial charge in [0.15, 0.2) is 0 Å². The van der Waals surface area contributed by atoms with E-state index in [2.05, 4.69) is 15.2 Å². The third-order valence-electron chi connectivity index (χ3n) is 5.45. The first-order chi connectivity index (χ1) is 16.8. The molecular formula is C25H26F3N3O5. The predicted octanol–water partition coefficient (Wildman–Crippen LogP) is 4.79. The molecule has 1 aromatic heterocycles. The molecule has 0 fully saturated rings. The molecule has 2 aromatic carbocycles. The number of carbonyl (C=O) groups is 2. The fourth-order valence-corrected chi connectivity index (χ4v) is 3.54. The second-order valence-electron chi connectivity index (χ2n) is 8.60. The summed E-state index contributed by atoms with van der Waals surface area (Å²) in [4.78, 5) is 24.8. The highest BCUT2D eigenvalue weighted by Gasteiger charge is 2.31. The average molecular weight is 505 g/mol. The summed E-state index contributed by atoms with van der Waals surface area (Å²) in [5, 5.41) is 16.6. The number of nitrogens with zero attached hydrogens (tertiary/aromatic N) is 2. The molecule has 1 unspecified atom stereocenters. The van der Waals surface area contributed by atoms with Crippen LogP contribution in [-0.4, -0.2) is 33.9 Å². The van der Waals surface area contributed by atoms with Crippen molar-refractivity contribution in [3.63, 3.8) is 0 Å². The number of rotatable bonds is 8. The van der Waals surface area contributed by atoms with Crippen LogP contribution >= 0.6 is 0 Å². The molecule has 1 heterocycles. The number of alkyl halides is 2.